The van der Waals surface area contributed by atoms with Crippen LogP contribution in [-0.4, -0.2) is 46.6 Å². The van der Waals surface area contributed by atoms with E-state index >= 15 is 0 Å². The standard InChI is InChI=1S/C19H22N4O3/c1-2-26-19(25)23-9-6-16-15(13-23)11-21-12-17(16)18(24)22-8-5-14-4-3-7-20-10-14/h3-4,7,10-12H,2,5-6,8-9,13H2,1H3,(H,22,24). The van der Waals surface area contributed by atoms with Gasteiger partial charge in [-0.1, -0.05) is 6.07 Å². The molecule has 3 heterocycles. The fourth-order valence-corrected chi connectivity index (χ4v) is 3.02. The van der Waals surface area contributed by atoms with E-state index in [-0.39, 0.29) is 12.0 Å². The van der Waals surface area contributed by atoms with E-state index in [1.165, 1.54) is 0 Å². The van der Waals surface area contributed by atoms with Gasteiger partial charge in [0.05, 0.1) is 18.7 Å². The molecule has 3 rings (SSSR count). The highest BCUT2D eigenvalue weighted by atomic mass is 16.6. The summed E-state index contributed by atoms with van der Waals surface area (Å²) in [5.74, 6) is -0.136. The van der Waals surface area contributed by atoms with Crippen LogP contribution in [0.15, 0.2) is 36.9 Å². The number of carbonyl (C=O) groups excluding carboxylic acids is 2. The Morgan fingerprint density at radius 1 is 1.27 bits per heavy atom. The lowest BCUT2D eigenvalue weighted by Crippen LogP contribution is -2.37. The average molecular weight is 354 g/mol. The summed E-state index contributed by atoms with van der Waals surface area (Å²) < 4.78 is 5.05. The van der Waals surface area contributed by atoms with Crippen LogP contribution in [0.4, 0.5) is 4.79 Å². The van der Waals surface area contributed by atoms with Crippen molar-refractivity contribution in [3.05, 3.63) is 59.2 Å². The highest BCUT2D eigenvalue weighted by Crippen LogP contribution is 2.22. The normalized spacial score (nSPS) is 13.0. The first-order valence-corrected chi connectivity index (χ1v) is 8.73. The first-order chi connectivity index (χ1) is 12.7. The van der Waals surface area contributed by atoms with Gasteiger partial charge in [0.2, 0.25) is 0 Å². The Labute approximate surface area is 152 Å². The van der Waals surface area contributed by atoms with Crippen LogP contribution in [0.25, 0.3) is 0 Å². The predicted octanol–water partition coefficient (Wildman–Crippen LogP) is 1.96. The first-order valence-electron chi connectivity index (χ1n) is 8.73. The molecule has 1 aliphatic rings. The number of hydrogen-bond donors (Lipinski definition) is 1. The lowest BCUT2D eigenvalue weighted by atomic mass is 9.97. The molecular weight excluding hydrogens is 332 g/mol. The monoisotopic (exact) mass is 354 g/mol. The molecule has 0 fully saturated rings. The van der Waals surface area contributed by atoms with Gasteiger partial charge < -0.3 is 15.0 Å². The molecule has 2 amide bonds. The van der Waals surface area contributed by atoms with Crippen molar-refractivity contribution in [2.45, 2.75) is 26.3 Å². The quantitative estimate of drug-likeness (QED) is 0.887. The maximum Gasteiger partial charge on any atom is 0.410 e. The van der Waals surface area contributed by atoms with Crippen molar-refractivity contribution in [3.63, 3.8) is 0 Å². The van der Waals surface area contributed by atoms with Crippen LogP contribution in [0.1, 0.15) is 34.0 Å². The largest absolute Gasteiger partial charge is 0.450 e. The van der Waals surface area contributed by atoms with Crippen LogP contribution in [0.3, 0.4) is 0 Å². The summed E-state index contributed by atoms with van der Waals surface area (Å²) in [6.07, 6.45) is 7.84. The van der Waals surface area contributed by atoms with Crippen LogP contribution < -0.4 is 5.32 Å². The third kappa shape index (κ3) is 4.17. The molecule has 7 nitrogen and oxygen atoms in total. The number of amides is 2. The van der Waals surface area contributed by atoms with Crippen molar-refractivity contribution in [2.75, 3.05) is 19.7 Å². The molecule has 0 saturated heterocycles. The number of ether oxygens (including phenoxy) is 1. The van der Waals surface area contributed by atoms with E-state index in [4.69, 9.17) is 4.74 Å². The van der Waals surface area contributed by atoms with Gasteiger partial charge in [-0.2, -0.15) is 0 Å². The van der Waals surface area contributed by atoms with Crippen LogP contribution in [-0.2, 0) is 24.1 Å². The summed E-state index contributed by atoms with van der Waals surface area (Å²) in [7, 11) is 0. The van der Waals surface area contributed by atoms with Crippen molar-refractivity contribution >= 4 is 12.0 Å². The molecule has 7 heteroatoms. The van der Waals surface area contributed by atoms with E-state index in [0.717, 1.165) is 23.1 Å². The number of carbonyl (C=O) groups is 2. The van der Waals surface area contributed by atoms with Crippen molar-refractivity contribution in [1.29, 1.82) is 0 Å². The van der Waals surface area contributed by atoms with E-state index in [1.54, 1.807) is 36.6 Å². The van der Waals surface area contributed by atoms with Gasteiger partial charge in [-0.25, -0.2) is 4.79 Å². The van der Waals surface area contributed by atoms with Gasteiger partial charge >= 0.3 is 6.09 Å². The third-order valence-electron chi connectivity index (χ3n) is 4.33. The van der Waals surface area contributed by atoms with Gasteiger partial charge in [-0.15, -0.1) is 0 Å². The summed E-state index contributed by atoms with van der Waals surface area (Å²) in [5, 5.41) is 2.94. The Bertz CT molecular complexity index is 780. The molecule has 2 aromatic heterocycles. The smallest absolute Gasteiger partial charge is 0.410 e. The molecule has 1 N–H and O–H groups in total. The minimum absolute atomic E-state index is 0.136. The molecule has 136 valence electrons. The lowest BCUT2D eigenvalue weighted by molar-refractivity contribution is 0.0950. The third-order valence-corrected chi connectivity index (χ3v) is 4.33. The second-order valence-electron chi connectivity index (χ2n) is 6.06. The molecule has 1 aliphatic heterocycles. The Balaban J connectivity index is 1.63. The molecule has 0 saturated carbocycles. The molecule has 0 spiro atoms. The SMILES string of the molecule is CCOC(=O)N1CCc2c(cncc2C(=O)NCCc2cccnc2)C1. The summed E-state index contributed by atoms with van der Waals surface area (Å²) in [4.78, 5) is 34.3. The van der Waals surface area contributed by atoms with Gasteiger partial charge in [-0.05, 0) is 42.5 Å². The minimum atomic E-state index is -0.329. The van der Waals surface area contributed by atoms with Crippen molar-refractivity contribution < 1.29 is 14.3 Å². The van der Waals surface area contributed by atoms with Gasteiger partial charge in [-0.3, -0.25) is 14.8 Å². The van der Waals surface area contributed by atoms with Crippen LogP contribution >= 0.6 is 0 Å². The van der Waals surface area contributed by atoms with Crippen molar-refractivity contribution in [2.24, 2.45) is 0 Å². The summed E-state index contributed by atoms with van der Waals surface area (Å²) in [5.41, 5.74) is 3.51. The molecule has 2 aromatic rings. The summed E-state index contributed by atoms with van der Waals surface area (Å²) in [6, 6.07) is 3.86. The van der Waals surface area contributed by atoms with Gasteiger partial charge in [0.25, 0.3) is 5.91 Å². The second-order valence-corrected chi connectivity index (χ2v) is 6.06. The van der Waals surface area contributed by atoms with Crippen LogP contribution in [0.2, 0.25) is 0 Å². The maximum absolute atomic E-state index is 12.6. The van der Waals surface area contributed by atoms with Crippen molar-refractivity contribution in [3.8, 4) is 0 Å². The number of nitrogens with one attached hydrogen (secondary N) is 1. The van der Waals surface area contributed by atoms with Gasteiger partial charge in [0, 0.05) is 37.9 Å². The molecule has 0 aromatic carbocycles. The zero-order chi connectivity index (χ0) is 18.4. The second kappa shape index (κ2) is 8.42. The molecule has 0 bridgehead atoms. The average Bonchev–Trinajstić information content (AvgIpc) is 2.68. The molecule has 0 unspecified atom stereocenters. The summed E-state index contributed by atoms with van der Waals surface area (Å²) >= 11 is 0. The highest BCUT2D eigenvalue weighted by Gasteiger charge is 2.25. The van der Waals surface area contributed by atoms with Gasteiger partial charge in [0.15, 0.2) is 0 Å². The first kappa shape index (κ1) is 17.8. The maximum atomic E-state index is 12.6. The van der Waals surface area contributed by atoms with E-state index in [1.807, 2.05) is 12.1 Å². The Morgan fingerprint density at radius 2 is 2.15 bits per heavy atom. The highest BCUT2D eigenvalue weighted by molar-refractivity contribution is 5.95. The number of fused-ring (bicyclic) bond motifs is 1. The lowest BCUT2D eigenvalue weighted by Gasteiger charge is -2.28. The fourth-order valence-electron chi connectivity index (χ4n) is 3.02. The van der Waals surface area contributed by atoms with E-state index in [9.17, 15) is 9.59 Å². The van der Waals surface area contributed by atoms with E-state index in [2.05, 4.69) is 15.3 Å². The molecule has 0 aliphatic carbocycles. The van der Waals surface area contributed by atoms with E-state index < -0.39 is 0 Å². The Kier molecular flexibility index (Phi) is 5.78. The Hall–Kier alpha value is -2.96. The van der Waals surface area contributed by atoms with Gasteiger partial charge in [0.1, 0.15) is 0 Å². The minimum Gasteiger partial charge on any atom is -0.450 e. The molecule has 0 atom stereocenters. The molecular formula is C19H22N4O3. The number of pyridine rings is 2. The predicted molar refractivity (Wildman–Crippen MR) is 95.6 cm³/mol. The molecule has 0 radical (unpaired) electrons. The number of rotatable bonds is 5. The topological polar surface area (TPSA) is 84.4 Å². The fraction of sp³-hybridized carbons (Fsp3) is 0.368. The zero-order valence-electron chi connectivity index (χ0n) is 14.8. The van der Waals surface area contributed by atoms with Crippen LogP contribution in [0.5, 0.6) is 0 Å². The number of aromatic nitrogens is 2. The zero-order valence-corrected chi connectivity index (χ0v) is 14.8. The number of nitrogens with zero attached hydrogens (tertiary/aromatic N) is 3. The number of hydrogen-bond acceptors (Lipinski definition) is 5. The Morgan fingerprint density at radius 3 is 2.92 bits per heavy atom. The van der Waals surface area contributed by atoms with E-state index in [0.29, 0.717) is 38.2 Å². The molecule has 26 heavy (non-hydrogen) atoms. The van der Waals surface area contributed by atoms with Crippen LogP contribution in [0, 0.1) is 0 Å². The van der Waals surface area contributed by atoms with Crippen molar-refractivity contribution in [1.82, 2.24) is 20.2 Å². The summed E-state index contributed by atoms with van der Waals surface area (Å²) in [6.45, 7) is 3.61.